The van der Waals surface area contributed by atoms with Crippen LogP contribution >= 0.6 is 11.6 Å². The molecule has 0 heterocycles. The lowest BCUT2D eigenvalue weighted by atomic mass is 10.1. The number of benzene rings is 2. The molecule has 0 unspecified atom stereocenters. The Kier molecular flexibility index (Phi) is 5.20. The van der Waals surface area contributed by atoms with E-state index in [4.69, 9.17) is 17.3 Å². The maximum Gasteiger partial charge on any atom is 0.231 e. The summed E-state index contributed by atoms with van der Waals surface area (Å²) in [7, 11) is 0. The largest absolute Gasteiger partial charge is 0.397 e. The molecule has 0 saturated heterocycles. The van der Waals surface area contributed by atoms with E-state index in [1.165, 1.54) is 4.90 Å². The molecular weight excluding hydrogens is 288 g/mol. The second-order valence-electron chi connectivity index (χ2n) is 4.60. The van der Waals surface area contributed by atoms with Crippen LogP contribution in [-0.4, -0.2) is 24.2 Å². The molecule has 5 heteroatoms. The van der Waals surface area contributed by atoms with Crippen molar-refractivity contribution in [2.24, 2.45) is 0 Å². The number of carbonyl (C=O) groups is 1. The van der Waals surface area contributed by atoms with E-state index in [-0.39, 0.29) is 25.5 Å². The van der Waals surface area contributed by atoms with Gasteiger partial charge in [0.25, 0.3) is 0 Å². The van der Waals surface area contributed by atoms with Crippen LogP contribution in [0.3, 0.4) is 0 Å². The smallest absolute Gasteiger partial charge is 0.231 e. The molecule has 4 nitrogen and oxygen atoms in total. The van der Waals surface area contributed by atoms with Crippen LogP contribution in [0.5, 0.6) is 0 Å². The van der Waals surface area contributed by atoms with Gasteiger partial charge in [-0.2, -0.15) is 0 Å². The molecule has 2 rings (SSSR count). The second kappa shape index (κ2) is 7.11. The van der Waals surface area contributed by atoms with E-state index in [0.717, 1.165) is 5.56 Å². The molecule has 110 valence electrons. The summed E-state index contributed by atoms with van der Waals surface area (Å²) in [6, 6.07) is 14.3. The van der Waals surface area contributed by atoms with Crippen molar-refractivity contribution in [3.63, 3.8) is 0 Å². The fourth-order valence-electron chi connectivity index (χ4n) is 2.11. The lowest BCUT2D eigenvalue weighted by molar-refractivity contribution is -0.118. The standard InChI is InChI=1S/C16H17ClN2O2/c17-13-6-2-1-5-12(13)11-16(21)19(9-10-20)15-8-4-3-7-14(15)18/h1-8,20H,9-11,18H2. The van der Waals surface area contributed by atoms with Gasteiger partial charge in [0.05, 0.1) is 24.4 Å². The minimum Gasteiger partial charge on any atom is -0.397 e. The topological polar surface area (TPSA) is 66.6 Å². The molecule has 0 aliphatic heterocycles. The number of halogens is 1. The molecule has 0 radical (unpaired) electrons. The highest BCUT2D eigenvalue weighted by molar-refractivity contribution is 6.31. The molecular formula is C16H17ClN2O2. The Balaban J connectivity index is 2.25. The highest BCUT2D eigenvalue weighted by Gasteiger charge is 2.18. The number of para-hydroxylation sites is 2. The van der Waals surface area contributed by atoms with Gasteiger partial charge < -0.3 is 15.7 Å². The van der Waals surface area contributed by atoms with Gasteiger partial charge in [-0.3, -0.25) is 4.79 Å². The Morgan fingerprint density at radius 2 is 1.81 bits per heavy atom. The van der Waals surface area contributed by atoms with Crippen molar-refractivity contribution < 1.29 is 9.90 Å². The first kappa shape index (κ1) is 15.4. The monoisotopic (exact) mass is 304 g/mol. The number of hydrogen-bond acceptors (Lipinski definition) is 3. The first-order chi connectivity index (χ1) is 10.1. The molecule has 0 spiro atoms. The Morgan fingerprint density at radius 3 is 2.48 bits per heavy atom. The number of anilines is 2. The van der Waals surface area contributed by atoms with Gasteiger partial charge in [-0.05, 0) is 23.8 Å². The average molecular weight is 305 g/mol. The van der Waals surface area contributed by atoms with Crippen molar-refractivity contribution in [1.29, 1.82) is 0 Å². The summed E-state index contributed by atoms with van der Waals surface area (Å²) in [5.41, 5.74) is 7.76. The quantitative estimate of drug-likeness (QED) is 0.834. The maximum atomic E-state index is 12.5. The van der Waals surface area contributed by atoms with Crippen LogP contribution in [0.25, 0.3) is 0 Å². The second-order valence-corrected chi connectivity index (χ2v) is 5.00. The van der Waals surface area contributed by atoms with Crippen LogP contribution in [0.2, 0.25) is 5.02 Å². The molecule has 0 aliphatic rings. The van der Waals surface area contributed by atoms with Gasteiger partial charge in [0, 0.05) is 11.6 Å². The zero-order valence-electron chi connectivity index (χ0n) is 11.5. The zero-order valence-corrected chi connectivity index (χ0v) is 12.3. The third-order valence-electron chi connectivity index (χ3n) is 3.15. The number of nitrogen functional groups attached to an aromatic ring is 1. The minimum absolute atomic E-state index is 0.136. The Labute approximate surface area is 128 Å². The third kappa shape index (κ3) is 3.74. The lowest BCUT2D eigenvalue weighted by Crippen LogP contribution is -2.35. The summed E-state index contributed by atoms with van der Waals surface area (Å²) in [4.78, 5) is 14.0. The van der Waals surface area contributed by atoms with E-state index < -0.39 is 0 Å². The highest BCUT2D eigenvalue weighted by atomic mass is 35.5. The van der Waals surface area contributed by atoms with E-state index in [2.05, 4.69) is 0 Å². The van der Waals surface area contributed by atoms with Gasteiger partial charge in [0.2, 0.25) is 5.91 Å². The van der Waals surface area contributed by atoms with E-state index in [1.807, 2.05) is 18.2 Å². The van der Waals surface area contributed by atoms with Crippen molar-refractivity contribution in [1.82, 2.24) is 0 Å². The van der Waals surface area contributed by atoms with Gasteiger partial charge in [-0.25, -0.2) is 0 Å². The van der Waals surface area contributed by atoms with Crippen LogP contribution < -0.4 is 10.6 Å². The molecule has 2 aromatic rings. The first-order valence-electron chi connectivity index (χ1n) is 6.62. The van der Waals surface area contributed by atoms with Crippen molar-refractivity contribution >= 4 is 28.9 Å². The number of nitrogens with zero attached hydrogens (tertiary/aromatic N) is 1. The molecule has 0 atom stereocenters. The van der Waals surface area contributed by atoms with Crippen LogP contribution in [0.1, 0.15) is 5.56 Å². The number of amides is 1. The van der Waals surface area contributed by atoms with Gasteiger partial charge in [0.15, 0.2) is 0 Å². The van der Waals surface area contributed by atoms with Crippen molar-refractivity contribution in [2.75, 3.05) is 23.8 Å². The fraction of sp³-hybridized carbons (Fsp3) is 0.188. The number of hydrogen-bond donors (Lipinski definition) is 2. The fourth-order valence-corrected chi connectivity index (χ4v) is 2.32. The van der Waals surface area contributed by atoms with E-state index in [9.17, 15) is 9.90 Å². The Hall–Kier alpha value is -2.04. The first-order valence-corrected chi connectivity index (χ1v) is 7.00. The van der Waals surface area contributed by atoms with Gasteiger partial charge in [0.1, 0.15) is 0 Å². The average Bonchev–Trinajstić information content (AvgIpc) is 2.48. The Morgan fingerprint density at radius 1 is 1.14 bits per heavy atom. The molecule has 0 aliphatic carbocycles. The van der Waals surface area contributed by atoms with E-state index >= 15 is 0 Å². The summed E-state index contributed by atoms with van der Waals surface area (Å²) in [5, 5.41) is 9.75. The van der Waals surface area contributed by atoms with Crippen molar-refractivity contribution in [2.45, 2.75) is 6.42 Å². The summed E-state index contributed by atoms with van der Waals surface area (Å²) in [6.45, 7) is 0.0557. The molecule has 1 amide bonds. The number of carbonyl (C=O) groups excluding carboxylic acids is 1. The third-order valence-corrected chi connectivity index (χ3v) is 3.52. The SMILES string of the molecule is Nc1ccccc1N(CCO)C(=O)Cc1ccccc1Cl. The Bertz CT molecular complexity index is 631. The number of nitrogens with two attached hydrogens (primary N) is 1. The molecule has 0 fully saturated rings. The molecule has 0 aromatic heterocycles. The van der Waals surface area contributed by atoms with Crippen LogP contribution in [0, 0.1) is 0 Å². The number of aliphatic hydroxyl groups is 1. The van der Waals surface area contributed by atoms with E-state index in [0.29, 0.717) is 16.4 Å². The normalized spacial score (nSPS) is 10.4. The number of aliphatic hydroxyl groups excluding tert-OH is 1. The molecule has 3 N–H and O–H groups in total. The lowest BCUT2D eigenvalue weighted by Gasteiger charge is -2.23. The predicted molar refractivity (Wildman–Crippen MR) is 85.4 cm³/mol. The van der Waals surface area contributed by atoms with Gasteiger partial charge in [-0.1, -0.05) is 41.9 Å². The summed E-state index contributed by atoms with van der Waals surface area (Å²) < 4.78 is 0. The summed E-state index contributed by atoms with van der Waals surface area (Å²) in [6.07, 6.45) is 0.161. The molecule has 0 bridgehead atoms. The van der Waals surface area contributed by atoms with Gasteiger partial charge >= 0.3 is 0 Å². The maximum absolute atomic E-state index is 12.5. The highest BCUT2D eigenvalue weighted by Crippen LogP contribution is 2.24. The minimum atomic E-state index is -0.157. The van der Waals surface area contributed by atoms with Crippen molar-refractivity contribution in [3.05, 3.63) is 59.1 Å². The summed E-state index contributed by atoms with van der Waals surface area (Å²) in [5.74, 6) is -0.157. The molecule has 21 heavy (non-hydrogen) atoms. The van der Waals surface area contributed by atoms with E-state index in [1.54, 1.807) is 30.3 Å². The number of rotatable bonds is 5. The van der Waals surface area contributed by atoms with Crippen LogP contribution in [0.15, 0.2) is 48.5 Å². The van der Waals surface area contributed by atoms with Gasteiger partial charge in [-0.15, -0.1) is 0 Å². The predicted octanol–water partition coefficient (Wildman–Crippen LogP) is 2.49. The molecule has 2 aromatic carbocycles. The van der Waals surface area contributed by atoms with Crippen LogP contribution in [-0.2, 0) is 11.2 Å². The van der Waals surface area contributed by atoms with Crippen molar-refractivity contribution in [3.8, 4) is 0 Å². The summed E-state index contributed by atoms with van der Waals surface area (Å²) >= 11 is 6.08. The zero-order chi connectivity index (χ0) is 15.2. The van der Waals surface area contributed by atoms with Crippen LogP contribution in [0.4, 0.5) is 11.4 Å². The molecule has 0 saturated carbocycles.